The number of amides is 1. The SMILES string of the molecule is CC1(Cc2ccc3c(c2)OCO3)CCC(=O)N(C2CCC(O)CC2)C1. The fraction of sp³-hybridized carbons (Fsp3) is 0.650. The van der Waals surface area contributed by atoms with Gasteiger partial charge in [0, 0.05) is 19.0 Å². The minimum atomic E-state index is -0.184. The number of aliphatic hydroxyl groups is 1. The van der Waals surface area contributed by atoms with Crippen LogP contribution in [0.15, 0.2) is 18.2 Å². The summed E-state index contributed by atoms with van der Waals surface area (Å²) in [5.41, 5.74) is 1.32. The molecule has 136 valence electrons. The van der Waals surface area contributed by atoms with Crippen molar-refractivity contribution in [3.8, 4) is 11.5 Å². The van der Waals surface area contributed by atoms with Gasteiger partial charge in [0.2, 0.25) is 12.7 Å². The number of ether oxygens (including phenoxy) is 2. The summed E-state index contributed by atoms with van der Waals surface area (Å²) in [7, 11) is 0. The maximum Gasteiger partial charge on any atom is 0.231 e. The van der Waals surface area contributed by atoms with Crippen molar-refractivity contribution in [2.75, 3.05) is 13.3 Å². The Labute approximate surface area is 148 Å². The number of aliphatic hydroxyl groups excluding tert-OH is 1. The van der Waals surface area contributed by atoms with Crippen LogP contribution in [0.25, 0.3) is 0 Å². The summed E-state index contributed by atoms with van der Waals surface area (Å²) in [6.45, 7) is 3.39. The number of benzene rings is 1. The van der Waals surface area contributed by atoms with Gasteiger partial charge in [0.15, 0.2) is 11.5 Å². The standard InChI is InChI=1S/C20H27NO4/c1-20(11-14-2-7-17-18(10-14)25-13-24-17)9-8-19(23)21(12-20)15-3-5-16(22)6-4-15/h2,7,10,15-16,22H,3-6,8-9,11-13H2,1H3. The molecule has 1 saturated heterocycles. The Hall–Kier alpha value is -1.75. The Bertz CT molecular complexity index is 653. The molecule has 1 amide bonds. The number of fused-ring (bicyclic) bond motifs is 1. The number of nitrogens with zero attached hydrogens (tertiary/aromatic N) is 1. The van der Waals surface area contributed by atoms with Gasteiger partial charge >= 0.3 is 0 Å². The van der Waals surface area contributed by atoms with Gasteiger partial charge in [-0.2, -0.15) is 0 Å². The molecular weight excluding hydrogens is 318 g/mol. The highest BCUT2D eigenvalue weighted by molar-refractivity contribution is 5.77. The van der Waals surface area contributed by atoms with E-state index in [0.29, 0.717) is 19.3 Å². The summed E-state index contributed by atoms with van der Waals surface area (Å²) in [4.78, 5) is 14.6. The first kappa shape index (κ1) is 16.7. The van der Waals surface area contributed by atoms with Gasteiger partial charge in [-0.3, -0.25) is 4.79 Å². The second kappa shape index (κ2) is 6.52. The van der Waals surface area contributed by atoms with Crippen molar-refractivity contribution >= 4 is 5.91 Å². The third-order valence-electron chi connectivity index (χ3n) is 5.99. The summed E-state index contributed by atoms with van der Waals surface area (Å²) < 4.78 is 10.9. The van der Waals surface area contributed by atoms with Gasteiger partial charge in [-0.25, -0.2) is 0 Å². The van der Waals surface area contributed by atoms with E-state index in [1.807, 2.05) is 6.07 Å². The molecule has 4 rings (SSSR count). The molecule has 1 aliphatic carbocycles. The van der Waals surface area contributed by atoms with E-state index in [9.17, 15) is 9.90 Å². The van der Waals surface area contributed by atoms with Crippen LogP contribution in [0.5, 0.6) is 11.5 Å². The molecule has 1 unspecified atom stereocenters. The lowest BCUT2D eigenvalue weighted by molar-refractivity contribution is -0.141. The van der Waals surface area contributed by atoms with E-state index < -0.39 is 0 Å². The van der Waals surface area contributed by atoms with Gasteiger partial charge in [-0.15, -0.1) is 0 Å². The minimum absolute atomic E-state index is 0.0810. The smallest absolute Gasteiger partial charge is 0.231 e. The molecule has 0 aromatic heterocycles. The fourth-order valence-electron chi connectivity index (χ4n) is 4.52. The minimum Gasteiger partial charge on any atom is -0.454 e. The predicted molar refractivity (Wildman–Crippen MR) is 93.6 cm³/mol. The Morgan fingerprint density at radius 3 is 2.76 bits per heavy atom. The average Bonchev–Trinajstić information content (AvgIpc) is 3.06. The fourth-order valence-corrected chi connectivity index (χ4v) is 4.52. The molecule has 1 saturated carbocycles. The Balaban J connectivity index is 1.46. The largest absolute Gasteiger partial charge is 0.454 e. The molecule has 1 atom stereocenters. The second-order valence-electron chi connectivity index (χ2n) is 8.16. The highest BCUT2D eigenvalue weighted by atomic mass is 16.7. The average molecular weight is 345 g/mol. The summed E-state index contributed by atoms with van der Waals surface area (Å²) >= 11 is 0. The van der Waals surface area contributed by atoms with Crippen molar-refractivity contribution in [3.63, 3.8) is 0 Å². The molecule has 5 heteroatoms. The highest BCUT2D eigenvalue weighted by Crippen LogP contribution is 2.39. The zero-order valence-electron chi connectivity index (χ0n) is 14.9. The lowest BCUT2D eigenvalue weighted by Gasteiger charge is -2.45. The topological polar surface area (TPSA) is 59.0 Å². The summed E-state index contributed by atoms with van der Waals surface area (Å²) in [6, 6.07) is 6.46. The van der Waals surface area contributed by atoms with Crippen molar-refractivity contribution in [2.45, 2.75) is 64.0 Å². The van der Waals surface area contributed by atoms with E-state index in [0.717, 1.165) is 56.6 Å². The van der Waals surface area contributed by atoms with Gasteiger partial charge in [-0.05, 0) is 61.6 Å². The zero-order chi connectivity index (χ0) is 17.4. The van der Waals surface area contributed by atoms with Crippen LogP contribution in [0.3, 0.4) is 0 Å². The number of likely N-dealkylation sites (tertiary alicyclic amines) is 1. The van der Waals surface area contributed by atoms with E-state index in [1.165, 1.54) is 5.56 Å². The predicted octanol–water partition coefficient (Wildman–Crippen LogP) is 2.89. The number of carbonyl (C=O) groups excluding carboxylic acids is 1. The van der Waals surface area contributed by atoms with Crippen LogP contribution in [0.1, 0.15) is 51.0 Å². The lowest BCUT2D eigenvalue weighted by Crippen LogP contribution is -2.52. The molecule has 5 nitrogen and oxygen atoms in total. The van der Waals surface area contributed by atoms with Gasteiger partial charge < -0.3 is 19.5 Å². The van der Waals surface area contributed by atoms with Gasteiger partial charge in [0.25, 0.3) is 0 Å². The third-order valence-corrected chi connectivity index (χ3v) is 5.99. The number of rotatable bonds is 3. The first-order valence-electron chi connectivity index (χ1n) is 9.38. The molecule has 3 aliphatic rings. The Morgan fingerprint density at radius 2 is 1.96 bits per heavy atom. The Morgan fingerprint density at radius 1 is 1.20 bits per heavy atom. The van der Waals surface area contributed by atoms with Crippen molar-refractivity contribution in [2.24, 2.45) is 5.41 Å². The van der Waals surface area contributed by atoms with Gasteiger partial charge in [0.05, 0.1) is 6.10 Å². The monoisotopic (exact) mass is 345 g/mol. The zero-order valence-corrected chi connectivity index (χ0v) is 14.9. The second-order valence-corrected chi connectivity index (χ2v) is 8.16. The van der Waals surface area contributed by atoms with Crippen LogP contribution < -0.4 is 9.47 Å². The first-order chi connectivity index (χ1) is 12.0. The molecule has 1 aromatic carbocycles. The van der Waals surface area contributed by atoms with Crippen molar-refractivity contribution in [1.82, 2.24) is 4.90 Å². The van der Waals surface area contributed by atoms with Crippen molar-refractivity contribution in [1.29, 1.82) is 0 Å². The summed E-state index contributed by atoms with van der Waals surface area (Å²) in [6.07, 6.45) is 5.77. The quantitative estimate of drug-likeness (QED) is 0.915. The number of piperidine rings is 1. The molecule has 2 aliphatic heterocycles. The van der Waals surface area contributed by atoms with Crippen LogP contribution in [0, 0.1) is 5.41 Å². The van der Waals surface area contributed by atoms with Crippen molar-refractivity contribution in [3.05, 3.63) is 23.8 Å². The van der Waals surface area contributed by atoms with Gasteiger partial charge in [0.1, 0.15) is 0 Å². The molecule has 25 heavy (non-hydrogen) atoms. The molecule has 0 radical (unpaired) electrons. The van der Waals surface area contributed by atoms with Crippen LogP contribution in [-0.4, -0.2) is 41.4 Å². The Kier molecular flexibility index (Phi) is 4.36. The molecule has 2 fully saturated rings. The molecule has 1 aromatic rings. The molecule has 0 bridgehead atoms. The number of hydrogen-bond acceptors (Lipinski definition) is 4. The van der Waals surface area contributed by atoms with E-state index in [2.05, 4.69) is 24.0 Å². The first-order valence-corrected chi connectivity index (χ1v) is 9.38. The van der Waals surface area contributed by atoms with Crippen LogP contribution >= 0.6 is 0 Å². The maximum absolute atomic E-state index is 12.5. The van der Waals surface area contributed by atoms with Crippen molar-refractivity contribution < 1.29 is 19.4 Å². The molecular formula is C20H27NO4. The summed E-state index contributed by atoms with van der Waals surface area (Å²) in [5, 5.41) is 9.74. The van der Waals surface area contributed by atoms with Gasteiger partial charge in [-0.1, -0.05) is 13.0 Å². The van der Waals surface area contributed by atoms with Crippen LogP contribution in [0.2, 0.25) is 0 Å². The number of carbonyl (C=O) groups is 1. The third kappa shape index (κ3) is 3.47. The molecule has 1 N–H and O–H groups in total. The number of hydrogen-bond donors (Lipinski definition) is 1. The summed E-state index contributed by atoms with van der Waals surface area (Å²) in [5.74, 6) is 1.92. The lowest BCUT2D eigenvalue weighted by atomic mass is 9.75. The molecule has 0 spiro atoms. The van der Waals surface area contributed by atoms with Crippen LogP contribution in [-0.2, 0) is 11.2 Å². The van der Waals surface area contributed by atoms with E-state index in [-0.39, 0.29) is 17.4 Å². The van der Waals surface area contributed by atoms with E-state index in [4.69, 9.17) is 9.47 Å². The highest BCUT2D eigenvalue weighted by Gasteiger charge is 2.39. The maximum atomic E-state index is 12.5. The van der Waals surface area contributed by atoms with Crippen LogP contribution in [0.4, 0.5) is 0 Å². The molecule has 2 heterocycles. The van der Waals surface area contributed by atoms with E-state index >= 15 is 0 Å². The van der Waals surface area contributed by atoms with E-state index in [1.54, 1.807) is 0 Å². The normalized spacial score (nSPS) is 32.1.